The van der Waals surface area contributed by atoms with Gasteiger partial charge in [0.15, 0.2) is 0 Å². The van der Waals surface area contributed by atoms with Crippen LogP contribution in [0.5, 0.6) is 0 Å². The minimum absolute atomic E-state index is 0.709. The van der Waals surface area contributed by atoms with Gasteiger partial charge in [0.1, 0.15) is 0 Å². The Kier molecular flexibility index (Phi) is 6.79. The third-order valence-electron chi connectivity index (χ3n) is 5.18. The Morgan fingerprint density at radius 1 is 1.00 bits per heavy atom. The van der Waals surface area contributed by atoms with Crippen LogP contribution in [0.4, 0.5) is 0 Å². The molecule has 2 fully saturated rings. The highest BCUT2D eigenvalue weighted by molar-refractivity contribution is 4.89. The Bertz CT molecular complexity index is 259. The van der Waals surface area contributed by atoms with Crippen LogP contribution in [-0.2, 0) is 0 Å². The number of piperazine rings is 1. The van der Waals surface area contributed by atoms with Crippen LogP contribution in [-0.4, -0.2) is 60.6 Å². The lowest BCUT2D eigenvalue weighted by Crippen LogP contribution is -2.57. The number of hydrogen-bond acceptors (Lipinski definition) is 3. The zero-order chi connectivity index (χ0) is 14.4. The largest absolute Gasteiger partial charge is 0.312 e. The smallest absolute Gasteiger partial charge is 0.0250 e. The molecule has 118 valence electrons. The third kappa shape index (κ3) is 4.44. The molecule has 1 heterocycles. The first kappa shape index (κ1) is 16.3. The minimum Gasteiger partial charge on any atom is -0.312 e. The molecule has 3 nitrogen and oxygen atoms in total. The van der Waals surface area contributed by atoms with Crippen molar-refractivity contribution in [2.24, 2.45) is 0 Å². The van der Waals surface area contributed by atoms with E-state index in [1.54, 1.807) is 0 Å². The zero-order valence-electron chi connectivity index (χ0n) is 13.9. The fourth-order valence-electron chi connectivity index (χ4n) is 3.88. The van der Waals surface area contributed by atoms with Gasteiger partial charge in [-0.1, -0.05) is 26.2 Å². The van der Waals surface area contributed by atoms with Crippen LogP contribution in [0.2, 0.25) is 0 Å². The molecular weight excluding hydrogens is 246 g/mol. The predicted molar refractivity (Wildman–Crippen MR) is 87.2 cm³/mol. The van der Waals surface area contributed by atoms with E-state index in [1.165, 1.54) is 71.2 Å². The van der Waals surface area contributed by atoms with Crippen LogP contribution in [0.3, 0.4) is 0 Å². The fourth-order valence-corrected chi connectivity index (χ4v) is 3.88. The summed E-state index contributed by atoms with van der Waals surface area (Å²) in [5.41, 5.74) is 0. The average molecular weight is 281 g/mol. The van der Waals surface area contributed by atoms with Crippen LogP contribution < -0.4 is 5.32 Å². The summed E-state index contributed by atoms with van der Waals surface area (Å²) >= 11 is 0. The highest BCUT2D eigenvalue weighted by atomic mass is 15.3. The Hall–Kier alpha value is -0.120. The normalized spacial score (nSPS) is 30.6. The fraction of sp³-hybridized carbons (Fsp3) is 1.00. The van der Waals surface area contributed by atoms with Crippen molar-refractivity contribution in [3.05, 3.63) is 0 Å². The van der Waals surface area contributed by atoms with E-state index in [-0.39, 0.29) is 0 Å². The Morgan fingerprint density at radius 2 is 1.70 bits per heavy atom. The first-order chi connectivity index (χ1) is 9.72. The van der Waals surface area contributed by atoms with Gasteiger partial charge in [-0.05, 0) is 39.7 Å². The van der Waals surface area contributed by atoms with Crippen LogP contribution in [0.25, 0.3) is 0 Å². The maximum Gasteiger partial charge on any atom is 0.0250 e. The summed E-state index contributed by atoms with van der Waals surface area (Å²) in [6.45, 7) is 13.2. The van der Waals surface area contributed by atoms with Gasteiger partial charge in [-0.15, -0.1) is 0 Å². The van der Waals surface area contributed by atoms with Crippen molar-refractivity contribution in [1.29, 1.82) is 0 Å². The third-order valence-corrected chi connectivity index (χ3v) is 5.18. The van der Waals surface area contributed by atoms with Crippen molar-refractivity contribution in [2.75, 3.05) is 32.7 Å². The van der Waals surface area contributed by atoms with E-state index >= 15 is 0 Å². The van der Waals surface area contributed by atoms with Gasteiger partial charge >= 0.3 is 0 Å². The van der Waals surface area contributed by atoms with E-state index in [1.807, 2.05) is 0 Å². The molecule has 2 aliphatic rings. The molecule has 0 amide bonds. The summed E-state index contributed by atoms with van der Waals surface area (Å²) in [7, 11) is 0. The van der Waals surface area contributed by atoms with Crippen molar-refractivity contribution >= 4 is 0 Å². The summed E-state index contributed by atoms with van der Waals surface area (Å²) in [5.74, 6) is 0. The molecule has 20 heavy (non-hydrogen) atoms. The summed E-state index contributed by atoms with van der Waals surface area (Å²) in [6, 6.07) is 2.24. The second-order valence-corrected chi connectivity index (χ2v) is 6.93. The molecule has 0 radical (unpaired) electrons. The van der Waals surface area contributed by atoms with E-state index < -0.39 is 0 Å². The second-order valence-electron chi connectivity index (χ2n) is 6.93. The molecule has 1 saturated carbocycles. The molecule has 0 aromatic rings. The summed E-state index contributed by atoms with van der Waals surface area (Å²) < 4.78 is 0. The van der Waals surface area contributed by atoms with Crippen molar-refractivity contribution in [2.45, 2.75) is 77.4 Å². The number of nitrogens with one attached hydrogen (secondary N) is 1. The van der Waals surface area contributed by atoms with E-state index in [0.717, 1.165) is 12.1 Å². The van der Waals surface area contributed by atoms with Crippen molar-refractivity contribution in [1.82, 2.24) is 15.1 Å². The Labute approximate surface area is 126 Å². The van der Waals surface area contributed by atoms with Crippen LogP contribution in [0.1, 0.15) is 59.3 Å². The topological polar surface area (TPSA) is 18.5 Å². The van der Waals surface area contributed by atoms with Crippen LogP contribution >= 0.6 is 0 Å². The van der Waals surface area contributed by atoms with E-state index in [4.69, 9.17) is 0 Å². The molecule has 2 unspecified atom stereocenters. The van der Waals surface area contributed by atoms with Crippen LogP contribution in [0.15, 0.2) is 0 Å². The summed E-state index contributed by atoms with van der Waals surface area (Å²) in [5, 5.41) is 3.84. The molecule has 1 N–H and O–H groups in total. The van der Waals surface area contributed by atoms with E-state index in [2.05, 4.69) is 35.9 Å². The van der Waals surface area contributed by atoms with Gasteiger partial charge in [0.2, 0.25) is 0 Å². The molecular formula is C17H35N3. The molecule has 1 aliphatic carbocycles. The minimum atomic E-state index is 0.709. The van der Waals surface area contributed by atoms with Gasteiger partial charge in [0, 0.05) is 44.3 Å². The lowest BCUT2D eigenvalue weighted by molar-refractivity contribution is 0.0607. The highest BCUT2D eigenvalue weighted by Gasteiger charge is 2.30. The summed E-state index contributed by atoms with van der Waals surface area (Å²) in [4.78, 5) is 5.42. The SMILES string of the molecule is CCCNC1CCCCCC1N1CCN(C(C)C)CC1. The van der Waals surface area contributed by atoms with Crippen molar-refractivity contribution in [3.63, 3.8) is 0 Å². The van der Waals surface area contributed by atoms with Gasteiger partial charge in [-0.3, -0.25) is 9.80 Å². The first-order valence-electron chi connectivity index (χ1n) is 8.94. The molecule has 0 spiro atoms. The van der Waals surface area contributed by atoms with Gasteiger partial charge in [0.25, 0.3) is 0 Å². The molecule has 1 saturated heterocycles. The van der Waals surface area contributed by atoms with Crippen molar-refractivity contribution < 1.29 is 0 Å². The zero-order valence-corrected chi connectivity index (χ0v) is 13.9. The maximum atomic E-state index is 3.84. The van der Waals surface area contributed by atoms with E-state index in [9.17, 15) is 0 Å². The van der Waals surface area contributed by atoms with Gasteiger partial charge in [-0.2, -0.15) is 0 Å². The average Bonchev–Trinajstić information content (AvgIpc) is 2.70. The van der Waals surface area contributed by atoms with Gasteiger partial charge in [0.05, 0.1) is 0 Å². The predicted octanol–water partition coefficient (Wildman–Crippen LogP) is 2.71. The molecule has 0 aromatic heterocycles. The molecule has 0 aromatic carbocycles. The number of rotatable bonds is 5. The van der Waals surface area contributed by atoms with Gasteiger partial charge in [-0.25, -0.2) is 0 Å². The first-order valence-corrected chi connectivity index (χ1v) is 8.94. The Balaban J connectivity index is 1.90. The highest BCUT2D eigenvalue weighted by Crippen LogP contribution is 2.24. The molecule has 3 heteroatoms. The maximum absolute atomic E-state index is 3.84. The molecule has 1 aliphatic heterocycles. The molecule has 2 rings (SSSR count). The van der Waals surface area contributed by atoms with Crippen molar-refractivity contribution in [3.8, 4) is 0 Å². The number of hydrogen-bond donors (Lipinski definition) is 1. The van der Waals surface area contributed by atoms with E-state index in [0.29, 0.717) is 6.04 Å². The lowest BCUT2D eigenvalue weighted by atomic mass is 10.00. The van der Waals surface area contributed by atoms with Crippen LogP contribution in [0, 0.1) is 0 Å². The standard InChI is InChI=1S/C17H35N3/c1-4-10-18-16-8-6-5-7-9-17(16)20-13-11-19(12-14-20)15(2)3/h15-18H,4-14H2,1-3H3. The second kappa shape index (κ2) is 8.35. The quantitative estimate of drug-likeness (QED) is 0.782. The molecule has 0 bridgehead atoms. The number of nitrogens with zero attached hydrogens (tertiary/aromatic N) is 2. The lowest BCUT2D eigenvalue weighted by Gasteiger charge is -2.43. The van der Waals surface area contributed by atoms with Gasteiger partial charge < -0.3 is 5.32 Å². The monoisotopic (exact) mass is 281 g/mol. The molecule has 2 atom stereocenters. The summed E-state index contributed by atoms with van der Waals surface area (Å²) in [6.07, 6.45) is 8.33. The Morgan fingerprint density at radius 3 is 2.35 bits per heavy atom.